The fourth-order valence-electron chi connectivity index (χ4n) is 1.90. The van der Waals surface area contributed by atoms with Gasteiger partial charge in [0, 0.05) is 31.4 Å². The van der Waals surface area contributed by atoms with Crippen LogP contribution in [0.4, 0.5) is 0 Å². The van der Waals surface area contributed by atoms with E-state index in [0.717, 1.165) is 12.2 Å². The van der Waals surface area contributed by atoms with Gasteiger partial charge in [0.15, 0.2) is 0 Å². The van der Waals surface area contributed by atoms with Crippen LogP contribution in [0.15, 0.2) is 24.4 Å². The first-order valence-electron chi connectivity index (χ1n) is 6.86. The summed E-state index contributed by atoms with van der Waals surface area (Å²) in [6.07, 6.45) is 2.96. The van der Waals surface area contributed by atoms with Crippen molar-refractivity contribution in [2.24, 2.45) is 11.1 Å². The number of amides is 1. The van der Waals surface area contributed by atoms with Crippen LogP contribution in [0.3, 0.4) is 0 Å². The molecule has 1 aromatic heterocycles. The summed E-state index contributed by atoms with van der Waals surface area (Å²) in [4.78, 5) is 18.3. The Morgan fingerprint density at radius 1 is 1.42 bits per heavy atom. The van der Waals surface area contributed by atoms with Gasteiger partial charge in [0.2, 0.25) is 5.91 Å². The summed E-state index contributed by atoms with van der Waals surface area (Å²) < 4.78 is 0. The summed E-state index contributed by atoms with van der Waals surface area (Å²) in [5.74, 6) is 0.176. The molecule has 19 heavy (non-hydrogen) atoms. The fourth-order valence-corrected chi connectivity index (χ4v) is 1.90. The number of carbonyl (C=O) groups is 1. The third-order valence-corrected chi connectivity index (χ3v) is 3.23. The molecule has 0 aliphatic heterocycles. The molecule has 0 saturated heterocycles. The highest BCUT2D eigenvalue weighted by molar-refractivity contribution is 5.76. The highest BCUT2D eigenvalue weighted by atomic mass is 16.2. The van der Waals surface area contributed by atoms with Gasteiger partial charge in [0.25, 0.3) is 0 Å². The van der Waals surface area contributed by atoms with E-state index < -0.39 is 0 Å². The van der Waals surface area contributed by atoms with Crippen LogP contribution < -0.4 is 5.73 Å². The molecule has 0 aliphatic rings. The Bertz CT molecular complexity index is 390. The first-order valence-corrected chi connectivity index (χ1v) is 6.86. The molecule has 0 fully saturated rings. The summed E-state index contributed by atoms with van der Waals surface area (Å²) >= 11 is 0. The Balaban J connectivity index is 2.50. The average Bonchev–Trinajstić information content (AvgIpc) is 2.43. The number of pyridine rings is 1. The van der Waals surface area contributed by atoms with Crippen LogP contribution in [0.5, 0.6) is 0 Å². The fraction of sp³-hybridized carbons (Fsp3) is 0.600. The van der Waals surface area contributed by atoms with Crippen molar-refractivity contribution < 1.29 is 4.79 Å². The van der Waals surface area contributed by atoms with E-state index in [-0.39, 0.29) is 11.3 Å². The van der Waals surface area contributed by atoms with E-state index in [1.165, 1.54) is 0 Å². The summed E-state index contributed by atoms with van der Waals surface area (Å²) in [6, 6.07) is 5.78. The van der Waals surface area contributed by atoms with Crippen LogP contribution in [-0.2, 0) is 11.2 Å². The van der Waals surface area contributed by atoms with E-state index in [1.54, 1.807) is 6.20 Å². The molecule has 0 saturated carbocycles. The molecule has 2 N–H and O–H groups in total. The molecular formula is C15H25N3O. The lowest BCUT2D eigenvalue weighted by molar-refractivity contribution is -0.132. The second kappa shape index (κ2) is 7.24. The van der Waals surface area contributed by atoms with Gasteiger partial charge in [-0.3, -0.25) is 9.78 Å². The molecule has 0 radical (unpaired) electrons. The maximum Gasteiger partial charge on any atom is 0.222 e. The van der Waals surface area contributed by atoms with Gasteiger partial charge >= 0.3 is 0 Å². The topological polar surface area (TPSA) is 59.2 Å². The average molecular weight is 263 g/mol. The standard InChI is InChI=1S/C15H25N3O/c1-4-18(12-15(2,3)11-16)14(19)9-8-13-7-5-6-10-17-13/h5-7,10H,4,8-9,11-12,16H2,1-3H3. The molecule has 0 spiro atoms. The number of nitrogens with two attached hydrogens (primary N) is 1. The quantitative estimate of drug-likeness (QED) is 0.816. The van der Waals surface area contributed by atoms with Gasteiger partial charge in [-0.25, -0.2) is 0 Å². The highest BCUT2D eigenvalue weighted by Gasteiger charge is 2.22. The normalized spacial score (nSPS) is 11.4. The molecule has 0 aromatic carbocycles. The van der Waals surface area contributed by atoms with E-state index >= 15 is 0 Å². The van der Waals surface area contributed by atoms with Crippen LogP contribution in [0.1, 0.15) is 32.9 Å². The molecule has 0 unspecified atom stereocenters. The van der Waals surface area contributed by atoms with E-state index in [9.17, 15) is 4.79 Å². The SMILES string of the molecule is CCN(CC(C)(C)CN)C(=O)CCc1ccccn1. The Morgan fingerprint density at radius 2 is 2.16 bits per heavy atom. The molecule has 106 valence electrons. The largest absolute Gasteiger partial charge is 0.342 e. The summed E-state index contributed by atoms with van der Waals surface area (Å²) in [5, 5.41) is 0. The van der Waals surface area contributed by atoms with Crippen LogP contribution in [-0.4, -0.2) is 35.4 Å². The number of rotatable bonds is 7. The monoisotopic (exact) mass is 263 g/mol. The van der Waals surface area contributed by atoms with Crippen molar-refractivity contribution in [1.82, 2.24) is 9.88 Å². The molecular weight excluding hydrogens is 238 g/mol. The number of aromatic nitrogens is 1. The van der Waals surface area contributed by atoms with Gasteiger partial charge in [0.1, 0.15) is 0 Å². The summed E-state index contributed by atoms with van der Waals surface area (Å²) in [7, 11) is 0. The van der Waals surface area contributed by atoms with Crippen molar-refractivity contribution >= 4 is 5.91 Å². The zero-order valence-corrected chi connectivity index (χ0v) is 12.2. The van der Waals surface area contributed by atoms with E-state index in [4.69, 9.17) is 5.73 Å². The first kappa shape index (κ1) is 15.6. The Labute approximate surface area is 116 Å². The maximum atomic E-state index is 12.2. The zero-order valence-electron chi connectivity index (χ0n) is 12.2. The Hall–Kier alpha value is -1.42. The minimum Gasteiger partial charge on any atom is -0.342 e. The molecule has 4 nitrogen and oxygen atoms in total. The van der Waals surface area contributed by atoms with E-state index in [2.05, 4.69) is 18.8 Å². The van der Waals surface area contributed by atoms with Crippen LogP contribution in [0.2, 0.25) is 0 Å². The number of hydrogen-bond donors (Lipinski definition) is 1. The van der Waals surface area contributed by atoms with Crippen molar-refractivity contribution in [2.45, 2.75) is 33.6 Å². The molecule has 1 heterocycles. The first-order chi connectivity index (χ1) is 8.98. The van der Waals surface area contributed by atoms with Crippen molar-refractivity contribution in [3.63, 3.8) is 0 Å². The lowest BCUT2D eigenvalue weighted by Gasteiger charge is -2.31. The van der Waals surface area contributed by atoms with Crippen molar-refractivity contribution in [3.8, 4) is 0 Å². The van der Waals surface area contributed by atoms with Crippen molar-refractivity contribution in [2.75, 3.05) is 19.6 Å². The maximum absolute atomic E-state index is 12.2. The molecule has 4 heteroatoms. The molecule has 0 aliphatic carbocycles. The van der Waals surface area contributed by atoms with E-state index in [0.29, 0.717) is 25.9 Å². The number of nitrogens with zero attached hydrogens (tertiary/aromatic N) is 2. The van der Waals surface area contributed by atoms with Gasteiger partial charge < -0.3 is 10.6 Å². The van der Waals surface area contributed by atoms with Crippen molar-refractivity contribution in [1.29, 1.82) is 0 Å². The predicted molar refractivity (Wildman–Crippen MR) is 77.6 cm³/mol. The molecule has 1 rings (SSSR count). The lowest BCUT2D eigenvalue weighted by Crippen LogP contribution is -2.42. The van der Waals surface area contributed by atoms with Gasteiger partial charge in [-0.1, -0.05) is 19.9 Å². The number of hydrogen-bond acceptors (Lipinski definition) is 3. The lowest BCUT2D eigenvalue weighted by atomic mass is 9.93. The predicted octanol–water partition coefficient (Wildman–Crippen LogP) is 1.85. The Kier molecular flexibility index (Phi) is 5.96. The van der Waals surface area contributed by atoms with Crippen molar-refractivity contribution in [3.05, 3.63) is 30.1 Å². The van der Waals surface area contributed by atoms with Crippen LogP contribution in [0.25, 0.3) is 0 Å². The second-order valence-electron chi connectivity index (χ2n) is 5.60. The second-order valence-corrected chi connectivity index (χ2v) is 5.60. The van der Waals surface area contributed by atoms with Gasteiger partial charge in [-0.15, -0.1) is 0 Å². The van der Waals surface area contributed by atoms with E-state index in [1.807, 2.05) is 30.0 Å². The van der Waals surface area contributed by atoms with Gasteiger partial charge in [-0.2, -0.15) is 0 Å². The molecule has 1 amide bonds. The van der Waals surface area contributed by atoms with Gasteiger partial charge in [-0.05, 0) is 37.4 Å². The van der Waals surface area contributed by atoms with Crippen LogP contribution in [0, 0.1) is 5.41 Å². The van der Waals surface area contributed by atoms with Gasteiger partial charge in [0.05, 0.1) is 0 Å². The molecule has 0 bridgehead atoms. The molecule has 1 aromatic rings. The smallest absolute Gasteiger partial charge is 0.222 e. The number of carbonyl (C=O) groups excluding carboxylic acids is 1. The Morgan fingerprint density at radius 3 is 2.68 bits per heavy atom. The third-order valence-electron chi connectivity index (χ3n) is 3.23. The minimum atomic E-state index is -0.0311. The molecule has 0 atom stereocenters. The number of aryl methyl sites for hydroxylation is 1. The highest BCUT2D eigenvalue weighted by Crippen LogP contribution is 2.15. The minimum absolute atomic E-state index is 0.0311. The zero-order chi connectivity index (χ0) is 14.3. The summed E-state index contributed by atoms with van der Waals surface area (Å²) in [5.41, 5.74) is 6.66. The summed E-state index contributed by atoms with van der Waals surface area (Å²) in [6.45, 7) is 8.19. The van der Waals surface area contributed by atoms with Crippen LogP contribution >= 0.6 is 0 Å². The third kappa shape index (κ3) is 5.39.